The fourth-order valence-electron chi connectivity index (χ4n) is 4.69. The first-order chi connectivity index (χ1) is 16.2. The van der Waals surface area contributed by atoms with Gasteiger partial charge >= 0.3 is 10.1 Å². The highest BCUT2D eigenvalue weighted by Crippen LogP contribution is 2.25. The third-order valence-electron chi connectivity index (χ3n) is 6.72. The van der Waals surface area contributed by atoms with Crippen molar-refractivity contribution in [2.45, 2.75) is 50.8 Å². The van der Waals surface area contributed by atoms with Crippen LogP contribution in [0.1, 0.15) is 53.6 Å². The van der Waals surface area contributed by atoms with E-state index in [-0.39, 0.29) is 28.4 Å². The minimum atomic E-state index is -3.98. The third kappa shape index (κ3) is 5.43. The fourth-order valence-corrected chi connectivity index (χ4v) is 5.93. The van der Waals surface area contributed by atoms with Crippen LogP contribution < -0.4 is 4.18 Å². The number of aryl methyl sites for hydroxylation is 2. The molecule has 2 aliphatic rings. The van der Waals surface area contributed by atoms with Gasteiger partial charge in [0.25, 0.3) is 5.91 Å². The second-order valence-electron chi connectivity index (χ2n) is 9.28. The Bertz CT molecular complexity index is 1150. The average Bonchev–Trinajstić information content (AvgIpc) is 2.85. The molecule has 0 saturated carbocycles. The molecule has 0 bridgehead atoms. The van der Waals surface area contributed by atoms with E-state index in [0.29, 0.717) is 37.1 Å². The van der Waals surface area contributed by atoms with Gasteiger partial charge in [0, 0.05) is 37.7 Å². The van der Waals surface area contributed by atoms with E-state index in [1.54, 1.807) is 36.1 Å². The molecule has 2 fully saturated rings. The standard InChI is InChI=1S/C26H32N2O5S/c1-19-6-7-20(2)24(18-19)34(31,32)33-23-10-8-21(9-11-23)25(29)28-16-12-22(13-17-28)26(30)27-14-4-3-5-15-27/h6-11,18,22H,3-5,12-17H2,1-2H3. The van der Waals surface area contributed by atoms with Gasteiger partial charge in [0.05, 0.1) is 0 Å². The summed E-state index contributed by atoms with van der Waals surface area (Å²) in [6, 6.07) is 11.4. The minimum absolute atomic E-state index is 0.00628. The zero-order valence-electron chi connectivity index (χ0n) is 19.8. The van der Waals surface area contributed by atoms with Gasteiger partial charge in [-0.1, -0.05) is 12.1 Å². The van der Waals surface area contributed by atoms with Crippen LogP contribution in [-0.4, -0.2) is 56.2 Å². The van der Waals surface area contributed by atoms with Crippen molar-refractivity contribution >= 4 is 21.9 Å². The summed E-state index contributed by atoms with van der Waals surface area (Å²) in [5, 5.41) is 0. The van der Waals surface area contributed by atoms with Gasteiger partial charge in [-0.25, -0.2) is 0 Å². The SMILES string of the molecule is Cc1ccc(C)c(S(=O)(=O)Oc2ccc(C(=O)N3CCC(C(=O)N4CCCCC4)CC3)cc2)c1. The van der Waals surface area contributed by atoms with Crippen LogP contribution in [0.3, 0.4) is 0 Å². The Morgan fingerprint density at radius 1 is 0.853 bits per heavy atom. The van der Waals surface area contributed by atoms with E-state index in [1.807, 2.05) is 17.9 Å². The van der Waals surface area contributed by atoms with Gasteiger partial charge in [0.1, 0.15) is 10.6 Å². The normalized spacial score (nSPS) is 17.5. The summed E-state index contributed by atoms with van der Waals surface area (Å²) in [5.41, 5.74) is 1.91. The number of hydrogen-bond acceptors (Lipinski definition) is 5. The highest BCUT2D eigenvalue weighted by molar-refractivity contribution is 7.87. The molecule has 0 aromatic heterocycles. The van der Waals surface area contributed by atoms with Crippen LogP contribution in [0.2, 0.25) is 0 Å². The van der Waals surface area contributed by atoms with Crippen molar-refractivity contribution in [2.75, 3.05) is 26.2 Å². The summed E-state index contributed by atoms with van der Waals surface area (Å²) in [6.45, 7) is 6.34. The maximum atomic E-state index is 12.9. The zero-order chi connectivity index (χ0) is 24.3. The fraction of sp³-hybridized carbons (Fsp3) is 0.462. The smallest absolute Gasteiger partial charge is 0.339 e. The summed E-state index contributed by atoms with van der Waals surface area (Å²) in [6.07, 6.45) is 4.70. The second kappa shape index (κ2) is 10.2. The van der Waals surface area contributed by atoms with Crippen LogP contribution in [0.5, 0.6) is 5.75 Å². The van der Waals surface area contributed by atoms with Crippen molar-refractivity contribution in [3.05, 3.63) is 59.2 Å². The molecule has 0 radical (unpaired) electrons. The van der Waals surface area contributed by atoms with Gasteiger partial charge in [-0.3, -0.25) is 9.59 Å². The van der Waals surface area contributed by atoms with E-state index in [2.05, 4.69) is 0 Å². The summed E-state index contributed by atoms with van der Waals surface area (Å²) >= 11 is 0. The molecular formula is C26H32N2O5S. The molecule has 4 rings (SSSR count). The minimum Gasteiger partial charge on any atom is -0.379 e. The molecule has 2 saturated heterocycles. The van der Waals surface area contributed by atoms with Gasteiger partial charge in [-0.05, 0) is 87.4 Å². The van der Waals surface area contributed by atoms with Crippen LogP contribution in [0.15, 0.2) is 47.4 Å². The molecule has 34 heavy (non-hydrogen) atoms. The van der Waals surface area contributed by atoms with E-state index in [9.17, 15) is 18.0 Å². The number of benzene rings is 2. The lowest BCUT2D eigenvalue weighted by Crippen LogP contribution is -2.45. The van der Waals surface area contributed by atoms with Crippen molar-refractivity contribution in [3.63, 3.8) is 0 Å². The maximum Gasteiger partial charge on any atom is 0.339 e. The quantitative estimate of drug-likeness (QED) is 0.601. The van der Waals surface area contributed by atoms with Crippen LogP contribution in [0.25, 0.3) is 0 Å². The van der Waals surface area contributed by atoms with Crippen LogP contribution >= 0.6 is 0 Å². The molecule has 0 unspecified atom stereocenters. The predicted molar refractivity (Wildman–Crippen MR) is 129 cm³/mol. The van der Waals surface area contributed by atoms with Crippen LogP contribution in [-0.2, 0) is 14.9 Å². The first kappa shape index (κ1) is 24.3. The summed E-state index contributed by atoms with van der Waals surface area (Å²) in [4.78, 5) is 29.6. The number of amides is 2. The number of likely N-dealkylation sites (tertiary alicyclic amines) is 2. The van der Waals surface area contributed by atoms with Gasteiger partial charge in [-0.2, -0.15) is 8.42 Å². The summed E-state index contributed by atoms with van der Waals surface area (Å²) < 4.78 is 30.7. The van der Waals surface area contributed by atoms with Gasteiger partial charge in [-0.15, -0.1) is 0 Å². The average molecular weight is 485 g/mol. The lowest BCUT2D eigenvalue weighted by atomic mass is 9.94. The first-order valence-corrected chi connectivity index (χ1v) is 13.4. The van der Waals surface area contributed by atoms with Crippen LogP contribution in [0.4, 0.5) is 0 Å². The van der Waals surface area contributed by atoms with Crippen molar-refractivity contribution in [1.82, 2.24) is 9.80 Å². The highest BCUT2D eigenvalue weighted by atomic mass is 32.2. The third-order valence-corrected chi connectivity index (χ3v) is 8.11. The molecule has 0 spiro atoms. The maximum absolute atomic E-state index is 12.9. The molecule has 8 heteroatoms. The Morgan fingerprint density at radius 2 is 1.50 bits per heavy atom. The molecule has 0 aliphatic carbocycles. The molecule has 0 atom stereocenters. The molecule has 2 aromatic carbocycles. The lowest BCUT2D eigenvalue weighted by molar-refractivity contribution is -0.137. The zero-order valence-corrected chi connectivity index (χ0v) is 20.6. The summed E-state index contributed by atoms with van der Waals surface area (Å²) in [7, 11) is -3.98. The van der Waals surface area contributed by atoms with E-state index in [1.165, 1.54) is 18.6 Å². The Morgan fingerprint density at radius 3 is 2.15 bits per heavy atom. The molecule has 2 heterocycles. The molecule has 182 valence electrons. The van der Waals surface area contributed by atoms with E-state index < -0.39 is 10.1 Å². The van der Waals surface area contributed by atoms with Gasteiger partial charge < -0.3 is 14.0 Å². The van der Waals surface area contributed by atoms with Crippen molar-refractivity contribution in [3.8, 4) is 5.75 Å². The molecule has 7 nitrogen and oxygen atoms in total. The first-order valence-electron chi connectivity index (χ1n) is 11.9. The highest BCUT2D eigenvalue weighted by Gasteiger charge is 2.31. The lowest BCUT2D eigenvalue weighted by Gasteiger charge is -2.35. The van der Waals surface area contributed by atoms with Crippen molar-refractivity contribution < 1.29 is 22.2 Å². The Hall–Kier alpha value is -2.87. The van der Waals surface area contributed by atoms with Crippen LogP contribution in [0, 0.1) is 19.8 Å². The molecule has 2 amide bonds. The van der Waals surface area contributed by atoms with E-state index in [0.717, 1.165) is 31.5 Å². The number of rotatable bonds is 5. The van der Waals surface area contributed by atoms with Gasteiger partial charge in [0.15, 0.2) is 0 Å². The van der Waals surface area contributed by atoms with E-state index in [4.69, 9.17) is 4.18 Å². The number of carbonyl (C=O) groups is 2. The largest absolute Gasteiger partial charge is 0.379 e. The molecule has 2 aromatic rings. The Balaban J connectivity index is 1.35. The number of hydrogen-bond donors (Lipinski definition) is 0. The van der Waals surface area contributed by atoms with Crippen molar-refractivity contribution in [1.29, 1.82) is 0 Å². The molecular weight excluding hydrogens is 452 g/mol. The number of nitrogens with zero attached hydrogens (tertiary/aromatic N) is 2. The molecule has 0 N–H and O–H groups in total. The number of carbonyl (C=O) groups excluding carboxylic acids is 2. The second-order valence-corrected chi connectivity index (χ2v) is 10.8. The summed E-state index contributed by atoms with van der Waals surface area (Å²) in [5.74, 6) is 0.266. The topological polar surface area (TPSA) is 84.0 Å². The van der Waals surface area contributed by atoms with Crippen molar-refractivity contribution in [2.24, 2.45) is 5.92 Å². The Kier molecular flexibility index (Phi) is 7.26. The van der Waals surface area contributed by atoms with Gasteiger partial charge in [0.2, 0.25) is 5.91 Å². The predicted octanol–water partition coefficient (Wildman–Crippen LogP) is 3.94. The van der Waals surface area contributed by atoms with E-state index >= 15 is 0 Å². The molecule has 2 aliphatic heterocycles. The monoisotopic (exact) mass is 484 g/mol. The number of piperidine rings is 2. The Labute approximate surface area is 201 Å².